The van der Waals surface area contributed by atoms with Crippen LogP contribution in [0.5, 0.6) is 0 Å². The zero-order valence-electron chi connectivity index (χ0n) is 3.49. The van der Waals surface area contributed by atoms with Gasteiger partial charge in [0.25, 0.3) is 0 Å². The fourth-order valence-electron chi connectivity index (χ4n) is 0. The molecule has 1 radical (unpaired) electrons. The van der Waals surface area contributed by atoms with Crippen molar-refractivity contribution in [2.45, 2.75) is 13.8 Å². The Morgan fingerprint density at radius 2 is 1.40 bits per heavy atom. The Balaban J connectivity index is 0. The maximum absolute atomic E-state index is 5.03. The van der Waals surface area contributed by atoms with Crippen molar-refractivity contribution in [3.05, 3.63) is 12.2 Å². The van der Waals surface area contributed by atoms with E-state index < -0.39 is 0 Å². The highest BCUT2D eigenvalue weighted by atomic mass is 19.0. The topological polar surface area (TPSA) is 0 Å². The molecule has 0 unspecified atom stereocenters. The van der Waals surface area contributed by atoms with Crippen LogP contribution in [0, 0.1) is 6.58 Å². The maximum Gasteiger partial charge on any atom is -0.0439 e. The van der Waals surface area contributed by atoms with Crippen LogP contribution in [0.3, 0.4) is 0 Å². The molecule has 1 heteroatoms. The van der Waals surface area contributed by atoms with Gasteiger partial charge in [-0.1, -0.05) is 12.2 Å². The lowest BCUT2D eigenvalue weighted by atomic mass is 10.4. The van der Waals surface area contributed by atoms with Crippen LogP contribution in [0.1, 0.15) is 13.8 Å². The van der Waals surface area contributed by atoms with E-state index in [2.05, 4.69) is 0 Å². The summed E-state index contributed by atoms with van der Waals surface area (Å²) < 4.78 is 0. The third-order valence-corrected chi connectivity index (χ3v) is 0. The lowest BCUT2D eigenvalue weighted by Gasteiger charge is -1.64. The Morgan fingerprint density at radius 3 is 1.40 bits per heavy atom. The summed E-state index contributed by atoms with van der Waals surface area (Å²) in [6.45, 7) is 8.75. The van der Waals surface area contributed by atoms with Gasteiger partial charge in [-0.05, 0) is 13.8 Å². The minimum atomic E-state index is 0. The summed E-state index contributed by atoms with van der Waals surface area (Å²) in [5.74, 6) is 0. The van der Waals surface area contributed by atoms with Gasteiger partial charge >= 0.3 is 0 Å². The Kier molecular flexibility index (Phi) is 6.48. The molecule has 31 valence electrons. The summed E-state index contributed by atoms with van der Waals surface area (Å²) in [5, 5.41) is 0. The predicted molar refractivity (Wildman–Crippen MR) is 21.7 cm³/mol. The van der Waals surface area contributed by atoms with Crippen LogP contribution in [-0.2, 0) is 0 Å². The van der Waals surface area contributed by atoms with Gasteiger partial charge in [0.2, 0.25) is 0 Å². The maximum atomic E-state index is 5.03. The largest absolute Gasteiger partial charge is 0.269 e. The standard InChI is InChI=1S/C4H7.FH/c1-4(2)3;/h1H,2-3H3;1H. The van der Waals surface area contributed by atoms with E-state index in [0.29, 0.717) is 0 Å². The highest BCUT2D eigenvalue weighted by molar-refractivity contribution is 4.74. The van der Waals surface area contributed by atoms with Gasteiger partial charge in [-0.15, -0.1) is 0 Å². The van der Waals surface area contributed by atoms with Crippen molar-refractivity contribution < 1.29 is 4.70 Å². The molecule has 0 saturated carbocycles. The second kappa shape index (κ2) is 3.67. The van der Waals surface area contributed by atoms with Gasteiger partial charge in [0.1, 0.15) is 0 Å². The average molecular weight is 75.1 g/mol. The highest BCUT2D eigenvalue weighted by Crippen LogP contribution is 1.73. The SMILES string of the molecule is F.[CH]=C(C)C. The average Bonchev–Trinajstić information content (AvgIpc) is 0.811. The Labute approximate surface area is 31.9 Å². The molecule has 5 heavy (non-hydrogen) atoms. The van der Waals surface area contributed by atoms with Crippen LogP contribution in [-0.4, -0.2) is 0 Å². The van der Waals surface area contributed by atoms with E-state index in [1.54, 1.807) is 0 Å². The molecule has 0 aliphatic heterocycles. The zero-order chi connectivity index (χ0) is 3.58. The lowest BCUT2D eigenvalue weighted by molar-refractivity contribution is 1.11. The van der Waals surface area contributed by atoms with Gasteiger partial charge < -0.3 is 0 Å². The van der Waals surface area contributed by atoms with E-state index in [1.165, 1.54) is 0 Å². The van der Waals surface area contributed by atoms with Crippen molar-refractivity contribution in [2.24, 2.45) is 0 Å². The first-order valence-electron chi connectivity index (χ1n) is 1.29. The molecule has 0 aliphatic carbocycles. The van der Waals surface area contributed by atoms with Gasteiger partial charge in [-0.3, -0.25) is 4.70 Å². The van der Waals surface area contributed by atoms with Crippen molar-refractivity contribution in [3.63, 3.8) is 0 Å². The molecule has 0 saturated heterocycles. The van der Waals surface area contributed by atoms with Crippen molar-refractivity contribution in [2.75, 3.05) is 0 Å². The molecule has 0 nitrogen and oxygen atoms in total. The molecule has 0 heterocycles. The van der Waals surface area contributed by atoms with Crippen LogP contribution < -0.4 is 0 Å². The van der Waals surface area contributed by atoms with Crippen LogP contribution >= 0.6 is 0 Å². The normalized spacial score (nSPS) is 5.20. The smallest absolute Gasteiger partial charge is 0.0439 e. The highest BCUT2D eigenvalue weighted by Gasteiger charge is 1.52. The summed E-state index contributed by atoms with van der Waals surface area (Å²) in [4.78, 5) is 0. The first-order valence-corrected chi connectivity index (χ1v) is 1.29. The molecule has 0 aromatic carbocycles. The summed E-state index contributed by atoms with van der Waals surface area (Å²) in [7, 11) is 0. The molecule has 0 N–H and O–H groups in total. The fourth-order valence-corrected chi connectivity index (χ4v) is 0. The second-order valence-corrected chi connectivity index (χ2v) is 1.08. The van der Waals surface area contributed by atoms with Gasteiger partial charge in [0.15, 0.2) is 0 Å². The summed E-state index contributed by atoms with van der Waals surface area (Å²) >= 11 is 0. The zero-order valence-corrected chi connectivity index (χ0v) is 3.49. The van der Waals surface area contributed by atoms with E-state index >= 15 is 0 Å². The molecule has 0 spiro atoms. The number of rotatable bonds is 0. The third-order valence-electron chi connectivity index (χ3n) is 0. The van der Waals surface area contributed by atoms with E-state index in [9.17, 15) is 0 Å². The van der Waals surface area contributed by atoms with Crippen molar-refractivity contribution in [1.82, 2.24) is 0 Å². The molecule has 0 rings (SSSR count). The van der Waals surface area contributed by atoms with Crippen molar-refractivity contribution in [3.8, 4) is 0 Å². The van der Waals surface area contributed by atoms with Crippen molar-refractivity contribution >= 4 is 0 Å². The fraction of sp³-hybridized carbons (Fsp3) is 0.500. The monoisotopic (exact) mass is 75.1 g/mol. The summed E-state index contributed by atoms with van der Waals surface area (Å²) in [5.41, 5.74) is 0.917. The van der Waals surface area contributed by atoms with E-state index in [-0.39, 0.29) is 4.70 Å². The van der Waals surface area contributed by atoms with Gasteiger partial charge in [-0.25, -0.2) is 0 Å². The van der Waals surface area contributed by atoms with Gasteiger partial charge in [0, 0.05) is 0 Å². The molecule has 0 amide bonds. The molecule has 0 atom stereocenters. The number of hydrogen-bond acceptors (Lipinski definition) is 0. The molecule has 0 aliphatic rings. The summed E-state index contributed by atoms with van der Waals surface area (Å²) in [6, 6.07) is 0. The molecular formula is C4H8F. The number of halogens is 1. The van der Waals surface area contributed by atoms with Gasteiger partial charge in [0.05, 0.1) is 0 Å². The molecule has 0 fully saturated rings. The van der Waals surface area contributed by atoms with E-state index in [1.807, 2.05) is 13.8 Å². The predicted octanol–water partition coefficient (Wildman–Crippen LogP) is 1.54. The Hall–Kier alpha value is -0.330. The Morgan fingerprint density at radius 1 is 1.40 bits per heavy atom. The first-order chi connectivity index (χ1) is 1.73. The van der Waals surface area contributed by atoms with E-state index in [0.717, 1.165) is 5.57 Å². The van der Waals surface area contributed by atoms with Crippen molar-refractivity contribution in [1.29, 1.82) is 0 Å². The lowest BCUT2D eigenvalue weighted by Crippen LogP contribution is -1.44. The third kappa shape index (κ3) is 94.0. The van der Waals surface area contributed by atoms with Gasteiger partial charge in [-0.2, -0.15) is 0 Å². The van der Waals surface area contributed by atoms with Crippen LogP contribution in [0.2, 0.25) is 0 Å². The quantitative estimate of drug-likeness (QED) is 0.409. The summed E-state index contributed by atoms with van der Waals surface area (Å²) in [6.07, 6.45) is 0. The minimum absolute atomic E-state index is 0. The van der Waals surface area contributed by atoms with E-state index in [4.69, 9.17) is 6.58 Å². The van der Waals surface area contributed by atoms with Crippen LogP contribution in [0.15, 0.2) is 5.57 Å². The number of allylic oxidation sites excluding steroid dienone is 1. The molecule has 0 bridgehead atoms. The second-order valence-electron chi connectivity index (χ2n) is 1.08. The molecular weight excluding hydrogens is 67.0 g/mol. The first kappa shape index (κ1) is 8.82. The van der Waals surface area contributed by atoms with Crippen LogP contribution in [0.25, 0.3) is 0 Å². The molecule has 0 aromatic rings. The molecule has 0 aromatic heterocycles. The van der Waals surface area contributed by atoms with Crippen LogP contribution in [0.4, 0.5) is 4.70 Å². The number of hydrogen-bond donors (Lipinski definition) is 0. The Bertz CT molecular complexity index is 26.6. The minimum Gasteiger partial charge on any atom is -0.269 e.